The van der Waals surface area contributed by atoms with Gasteiger partial charge < -0.3 is 9.64 Å². The van der Waals surface area contributed by atoms with Gasteiger partial charge in [-0.15, -0.1) is 0 Å². The summed E-state index contributed by atoms with van der Waals surface area (Å²) in [6.45, 7) is 0.738. The number of allylic oxidation sites excluding steroid dienone is 3. The van der Waals surface area contributed by atoms with Gasteiger partial charge in [0, 0.05) is 36.4 Å². The zero-order chi connectivity index (χ0) is 17.6. The third kappa shape index (κ3) is 3.78. The average molecular weight is 342 g/mol. The first kappa shape index (κ1) is 16.0. The van der Waals surface area contributed by atoms with Crippen molar-refractivity contribution in [3.63, 3.8) is 0 Å². The number of benzene rings is 1. The van der Waals surface area contributed by atoms with Crippen molar-refractivity contribution in [3.8, 4) is 5.75 Å². The smallest absolute Gasteiger partial charge is 0.136 e. The summed E-state index contributed by atoms with van der Waals surface area (Å²) in [5.41, 5.74) is 2.01. The maximum atomic E-state index is 6.21. The molecule has 0 amide bonds. The minimum absolute atomic E-state index is 0.0201. The van der Waals surface area contributed by atoms with E-state index < -0.39 is 0 Å². The lowest BCUT2D eigenvalue weighted by Crippen LogP contribution is -2.21. The van der Waals surface area contributed by atoms with Gasteiger partial charge >= 0.3 is 0 Å². The molecule has 2 aliphatic heterocycles. The number of aromatic nitrogens is 1. The van der Waals surface area contributed by atoms with E-state index in [0.29, 0.717) is 0 Å². The quantitative estimate of drug-likeness (QED) is 0.728. The lowest BCUT2D eigenvalue weighted by atomic mass is 10.1. The molecule has 0 N–H and O–H groups in total. The first-order chi connectivity index (χ1) is 12.9. The Bertz CT molecular complexity index is 969. The molecule has 0 spiro atoms. The molecule has 1 atom stereocenters. The Balaban J connectivity index is 1.71. The number of nitrogens with zero attached hydrogens (tertiary/aromatic N) is 4. The summed E-state index contributed by atoms with van der Waals surface area (Å²) >= 11 is 0. The van der Waals surface area contributed by atoms with Crippen LogP contribution in [-0.2, 0) is 0 Å². The summed E-state index contributed by atoms with van der Waals surface area (Å²) in [4.78, 5) is 14.7. The van der Waals surface area contributed by atoms with Gasteiger partial charge in [0.15, 0.2) is 0 Å². The van der Waals surface area contributed by atoms with Gasteiger partial charge in [-0.1, -0.05) is 24.3 Å². The van der Waals surface area contributed by atoms with E-state index in [0.717, 1.165) is 28.8 Å². The molecule has 2 aliphatic rings. The van der Waals surface area contributed by atoms with Crippen LogP contribution in [0.2, 0.25) is 0 Å². The Morgan fingerprint density at radius 2 is 2.04 bits per heavy atom. The number of pyridine rings is 1. The summed E-state index contributed by atoms with van der Waals surface area (Å²) in [5, 5.41) is 1.01. The van der Waals surface area contributed by atoms with Crippen molar-refractivity contribution in [3.05, 3.63) is 78.9 Å². The van der Waals surface area contributed by atoms with Crippen LogP contribution in [-0.4, -0.2) is 35.1 Å². The number of hydrogen-bond donors (Lipinski definition) is 0. The molecule has 1 aromatic heterocycles. The van der Waals surface area contributed by atoms with Gasteiger partial charge in [0.1, 0.15) is 18.2 Å². The second kappa shape index (κ2) is 7.61. The van der Waals surface area contributed by atoms with Crippen LogP contribution in [0, 0.1) is 0 Å². The van der Waals surface area contributed by atoms with Crippen LogP contribution in [0.1, 0.15) is 5.56 Å². The molecule has 4 bridgehead atoms. The van der Waals surface area contributed by atoms with E-state index in [4.69, 9.17) is 4.74 Å². The molecule has 0 aliphatic carbocycles. The second-order valence-electron chi connectivity index (χ2n) is 5.89. The van der Waals surface area contributed by atoms with Crippen molar-refractivity contribution in [1.82, 2.24) is 9.88 Å². The molecule has 1 aromatic carbocycles. The van der Waals surface area contributed by atoms with Crippen molar-refractivity contribution in [2.24, 2.45) is 9.98 Å². The fourth-order valence-electron chi connectivity index (χ4n) is 2.80. The zero-order valence-electron chi connectivity index (χ0n) is 14.1. The Labute approximate surface area is 152 Å². The van der Waals surface area contributed by atoms with E-state index in [-0.39, 0.29) is 6.10 Å². The first-order valence-electron chi connectivity index (χ1n) is 8.43. The standard InChI is InChI=1S/C21H18N4O/c1-2-4-17-5-6-20-19(14-17)21(7-10-24-20)26-18-8-12-25(15-18)13-11-23-16-22-9-3-1/h1-14,16,18H,15H2. The van der Waals surface area contributed by atoms with Crippen LogP contribution in [0.5, 0.6) is 5.75 Å². The van der Waals surface area contributed by atoms with E-state index in [2.05, 4.69) is 21.0 Å². The van der Waals surface area contributed by atoms with Crippen LogP contribution < -0.4 is 4.74 Å². The molecule has 0 fully saturated rings. The predicted molar refractivity (Wildman–Crippen MR) is 106 cm³/mol. The Kier molecular flexibility index (Phi) is 4.69. The summed E-state index contributed by atoms with van der Waals surface area (Å²) in [6.07, 6.45) is 20.4. The van der Waals surface area contributed by atoms with Crippen molar-refractivity contribution < 1.29 is 4.74 Å². The van der Waals surface area contributed by atoms with Crippen molar-refractivity contribution >= 4 is 29.5 Å². The maximum Gasteiger partial charge on any atom is 0.136 e. The van der Waals surface area contributed by atoms with Crippen LogP contribution >= 0.6 is 0 Å². The highest BCUT2D eigenvalue weighted by Gasteiger charge is 2.17. The predicted octanol–water partition coefficient (Wildman–Crippen LogP) is 3.96. The monoisotopic (exact) mass is 342 g/mol. The fraction of sp³-hybridized carbons (Fsp3) is 0.0952. The largest absolute Gasteiger partial charge is 0.484 e. The van der Waals surface area contributed by atoms with Gasteiger partial charge in [0.05, 0.1) is 12.1 Å². The molecule has 0 radical (unpaired) electrons. The van der Waals surface area contributed by atoms with Gasteiger partial charge in [0.2, 0.25) is 0 Å². The number of rotatable bonds is 0. The summed E-state index contributed by atoms with van der Waals surface area (Å²) in [6, 6.07) is 8.08. The molecule has 128 valence electrons. The fourth-order valence-corrected chi connectivity index (χ4v) is 2.80. The Morgan fingerprint density at radius 3 is 3.04 bits per heavy atom. The molecule has 2 aromatic rings. The van der Waals surface area contributed by atoms with Gasteiger partial charge in [0.25, 0.3) is 0 Å². The molecule has 3 heterocycles. The van der Waals surface area contributed by atoms with Gasteiger partial charge in [-0.2, -0.15) is 0 Å². The number of ether oxygens (including phenoxy) is 1. The molecule has 1 unspecified atom stereocenters. The van der Waals surface area contributed by atoms with Crippen LogP contribution in [0.3, 0.4) is 0 Å². The van der Waals surface area contributed by atoms with Gasteiger partial charge in [-0.25, -0.2) is 9.98 Å². The van der Waals surface area contributed by atoms with Gasteiger partial charge in [-0.05, 0) is 35.9 Å². The number of fused-ring (bicyclic) bond motifs is 3. The first-order valence-corrected chi connectivity index (χ1v) is 8.43. The summed E-state index contributed by atoms with van der Waals surface area (Å²) in [7, 11) is 0. The summed E-state index contributed by atoms with van der Waals surface area (Å²) < 4.78 is 6.21. The third-order valence-electron chi connectivity index (χ3n) is 4.05. The molecule has 5 nitrogen and oxygen atoms in total. The highest BCUT2D eigenvalue weighted by molar-refractivity contribution is 5.87. The summed E-state index contributed by atoms with van der Waals surface area (Å²) in [5.74, 6) is 0.840. The van der Waals surface area contributed by atoms with E-state index in [1.54, 1.807) is 18.6 Å². The molecule has 5 heteroatoms. The number of hydrogen-bond acceptors (Lipinski definition) is 5. The zero-order valence-corrected chi connectivity index (χ0v) is 14.1. The third-order valence-corrected chi connectivity index (χ3v) is 4.05. The highest BCUT2D eigenvalue weighted by atomic mass is 16.5. The van der Waals surface area contributed by atoms with Crippen molar-refractivity contribution in [1.29, 1.82) is 0 Å². The van der Waals surface area contributed by atoms with Crippen molar-refractivity contribution in [2.75, 3.05) is 6.54 Å². The van der Waals surface area contributed by atoms with E-state index >= 15 is 0 Å². The Morgan fingerprint density at radius 1 is 1.04 bits per heavy atom. The molecular formula is C21H18N4O. The minimum Gasteiger partial charge on any atom is -0.484 e. The SMILES string of the molecule is C1=CC=NC=NC=CN2C=CC(C2)Oc2ccnc3ccc(cc23)C=C1. The number of aliphatic imine (C=N–C) groups is 2. The maximum absolute atomic E-state index is 6.21. The highest BCUT2D eigenvalue weighted by Crippen LogP contribution is 2.27. The minimum atomic E-state index is -0.0201. The molecule has 0 saturated heterocycles. The molecule has 0 saturated carbocycles. The van der Waals surface area contributed by atoms with Gasteiger partial charge in [-0.3, -0.25) is 4.98 Å². The van der Waals surface area contributed by atoms with Crippen LogP contribution in [0.25, 0.3) is 17.0 Å². The van der Waals surface area contributed by atoms with E-state index in [1.165, 1.54) is 6.34 Å². The lowest BCUT2D eigenvalue weighted by molar-refractivity contribution is 0.239. The molecule has 4 rings (SSSR count). The van der Waals surface area contributed by atoms with Crippen LogP contribution in [0.4, 0.5) is 0 Å². The second-order valence-corrected chi connectivity index (χ2v) is 5.89. The Hall–Kier alpha value is -3.47. The van der Waals surface area contributed by atoms with Crippen molar-refractivity contribution in [2.45, 2.75) is 6.10 Å². The van der Waals surface area contributed by atoms with E-state index in [9.17, 15) is 0 Å². The average Bonchev–Trinajstić information content (AvgIpc) is 3.10. The van der Waals surface area contributed by atoms with E-state index in [1.807, 2.05) is 65.9 Å². The lowest BCUT2D eigenvalue weighted by Gasteiger charge is -2.16. The van der Waals surface area contributed by atoms with Crippen LogP contribution in [0.15, 0.2) is 83.4 Å². The molecular weight excluding hydrogens is 324 g/mol. The normalized spacial score (nSPS) is 19.1. The molecule has 26 heavy (non-hydrogen) atoms. The topological polar surface area (TPSA) is 50.1 Å².